The third-order valence-electron chi connectivity index (χ3n) is 1.66. The van der Waals surface area contributed by atoms with Crippen LogP contribution in [0, 0.1) is 0 Å². The number of nitrogens with one attached hydrogen (secondary N) is 1. The number of hydrogen-bond donors (Lipinski definition) is 2. The molecule has 0 radical (unpaired) electrons. The summed E-state index contributed by atoms with van der Waals surface area (Å²) >= 11 is 5.67. The molecule has 5 heteroatoms. The third kappa shape index (κ3) is 3.27. The molecule has 4 nitrogen and oxygen atoms in total. The molecule has 0 fully saturated rings. The number of nitrogens with zero attached hydrogens (tertiary/aromatic N) is 1. The molecular weight excluding hydrogens is 216 g/mol. The van der Waals surface area contributed by atoms with Gasteiger partial charge in [-0.25, -0.2) is 4.79 Å². The van der Waals surface area contributed by atoms with Crippen molar-refractivity contribution in [3.8, 4) is 0 Å². The Kier molecular flexibility index (Phi) is 4.15. The van der Waals surface area contributed by atoms with E-state index in [1.807, 2.05) is 0 Å². The first kappa shape index (κ1) is 11.6. The molecule has 0 saturated carbocycles. The van der Waals surface area contributed by atoms with Gasteiger partial charge < -0.3 is 5.32 Å². The smallest absolute Gasteiger partial charge is 0.332 e. The Bertz CT molecular complexity index is 351. The quantitative estimate of drug-likeness (QED) is 0.473. The van der Waals surface area contributed by atoms with Crippen LogP contribution in [0.4, 0.5) is 10.5 Å². The first-order valence-electron chi connectivity index (χ1n) is 4.28. The Morgan fingerprint density at radius 1 is 1.53 bits per heavy atom. The predicted molar refractivity (Wildman–Crippen MR) is 59.3 cm³/mol. The van der Waals surface area contributed by atoms with Crippen LogP contribution in [0.5, 0.6) is 0 Å². The number of urea groups is 1. The molecule has 1 aromatic carbocycles. The Morgan fingerprint density at radius 3 is 2.67 bits per heavy atom. The molecule has 2 amide bonds. The highest BCUT2D eigenvalue weighted by molar-refractivity contribution is 6.30. The summed E-state index contributed by atoms with van der Waals surface area (Å²) in [6.07, 6.45) is 1.52. The van der Waals surface area contributed by atoms with E-state index in [2.05, 4.69) is 11.9 Å². The van der Waals surface area contributed by atoms with Crippen LogP contribution in [0.1, 0.15) is 0 Å². The maximum Gasteiger partial charge on any atom is 0.346 e. The summed E-state index contributed by atoms with van der Waals surface area (Å²) in [5.74, 6) is 0. The van der Waals surface area contributed by atoms with Gasteiger partial charge in [-0.2, -0.15) is 5.06 Å². The average molecular weight is 227 g/mol. The fourth-order valence-electron chi connectivity index (χ4n) is 0.934. The molecule has 2 N–H and O–H groups in total. The lowest BCUT2D eigenvalue weighted by Gasteiger charge is -2.14. The topological polar surface area (TPSA) is 52.6 Å². The molecule has 1 aromatic rings. The van der Waals surface area contributed by atoms with E-state index >= 15 is 0 Å². The maximum atomic E-state index is 11.3. The number of hydrogen-bond acceptors (Lipinski definition) is 2. The molecule has 0 saturated heterocycles. The lowest BCUT2D eigenvalue weighted by Crippen LogP contribution is -2.37. The van der Waals surface area contributed by atoms with E-state index in [0.29, 0.717) is 22.3 Å². The van der Waals surface area contributed by atoms with Crippen molar-refractivity contribution in [1.82, 2.24) is 5.32 Å². The zero-order valence-electron chi connectivity index (χ0n) is 7.98. The van der Waals surface area contributed by atoms with Crippen molar-refractivity contribution in [3.63, 3.8) is 0 Å². The summed E-state index contributed by atoms with van der Waals surface area (Å²) in [6, 6.07) is 5.63. The van der Waals surface area contributed by atoms with Crippen LogP contribution < -0.4 is 10.4 Å². The summed E-state index contributed by atoms with van der Waals surface area (Å²) < 4.78 is 0. The Morgan fingerprint density at radius 2 is 2.13 bits per heavy atom. The third-order valence-corrected chi connectivity index (χ3v) is 1.91. The minimum atomic E-state index is -0.614. The van der Waals surface area contributed by atoms with Crippen LogP contribution in [-0.2, 0) is 0 Å². The first-order valence-corrected chi connectivity index (χ1v) is 4.66. The monoisotopic (exact) mass is 226 g/mol. The number of halogens is 1. The van der Waals surface area contributed by atoms with Gasteiger partial charge in [0.05, 0.1) is 5.69 Å². The lowest BCUT2D eigenvalue weighted by atomic mass is 10.3. The highest BCUT2D eigenvalue weighted by Crippen LogP contribution is 2.16. The standard InChI is InChI=1S/C10H11ClN2O2/c1-2-7-12-10(14)13(15)9-5-3-8(11)4-6-9/h2-6,15H,1,7H2,(H,12,14). The molecule has 0 aliphatic heterocycles. The van der Waals surface area contributed by atoms with Gasteiger partial charge in [-0.05, 0) is 24.3 Å². The van der Waals surface area contributed by atoms with E-state index in [-0.39, 0.29) is 0 Å². The van der Waals surface area contributed by atoms with E-state index in [4.69, 9.17) is 11.6 Å². The van der Waals surface area contributed by atoms with Crippen LogP contribution in [0.2, 0.25) is 5.02 Å². The predicted octanol–water partition coefficient (Wildman–Crippen LogP) is 2.43. The number of carbonyl (C=O) groups is 1. The van der Waals surface area contributed by atoms with E-state index in [1.165, 1.54) is 18.2 Å². The second kappa shape index (κ2) is 5.38. The van der Waals surface area contributed by atoms with Crippen molar-refractivity contribution in [1.29, 1.82) is 0 Å². The zero-order valence-corrected chi connectivity index (χ0v) is 8.74. The van der Waals surface area contributed by atoms with Gasteiger partial charge >= 0.3 is 6.03 Å². The molecule has 0 atom stereocenters. The van der Waals surface area contributed by atoms with Gasteiger partial charge in [0.15, 0.2) is 0 Å². The zero-order chi connectivity index (χ0) is 11.3. The van der Waals surface area contributed by atoms with Crippen molar-refractivity contribution in [2.24, 2.45) is 0 Å². The van der Waals surface area contributed by atoms with Crippen molar-refractivity contribution < 1.29 is 10.0 Å². The fourth-order valence-corrected chi connectivity index (χ4v) is 1.06. The molecule has 0 aliphatic carbocycles. The largest absolute Gasteiger partial charge is 0.346 e. The summed E-state index contributed by atoms with van der Waals surface area (Å²) in [6.45, 7) is 3.74. The van der Waals surface area contributed by atoms with Gasteiger partial charge in [0, 0.05) is 11.6 Å². The Hall–Kier alpha value is -1.52. The van der Waals surface area contributed by atoms with Gasteiger partial charge in [-0.15, -0.1) is 6.58 Å². The number of anilines is 1. The second-order valence-corrected chi connectivity index (χ2v) is 3.20. The molecule has 80 valence electrons. The molecule has 0 spiro atoms. The van der Waals surface area contributed by atoms with Crippen LogP contribution in [0.15, 0.2) is 36.9 Å². The second-order valence-electron chi connectivity index (χ2n) is 2.76. The molecule has 15 heavy (non-hydrogen) atoms. The minimum Gasteiger partial charge on any atom is -0.332 e. The summed E-state index contributed by atoms with van der Waals surface area (Å²) in [7, 11) is 0. The number of benzene rings is 1. The Labute approximate surface area is 92.7 Å². The molecule has 1 rings (SSSR count). The number of hydroxylamine groups is 1. The van der Waals surface area contributed by atoms with Crippen LogP contribution >= 0.6 is 11.6 Å². The molecule has 0 bridgehead atoms. The summed E-state index contributed by atoms with van der Waals surface area (Å²) in [5, 5.41) is 12.9. The van der Waals surface area contributed by atoms with Gasteiger partial charge in [0.25, 0.3) is 0 Å². The number of amides is 2. The molecular formula is C10H11ClN2O2. The average Bonchev–Trinajstić information content (AvgIpc) is 2.26. The highest BCUT2D eigenvalue weighted by Gasteiger charge is 2.11. The van der Waals surface area contributed by atoms with E-state index in [1.54, 1.807) is 12.1 Å². The lowest BCUT2D eigenvalue weighted by molar-refractivity contribution is 0.205. The Balaban J connectivity index is 2.67. The molecule has 0 unspecified atom stereocenters. The highest BCUT2D eigenvalue weighted by atomic mass is 35.5. The SMILES string of the molecule is C=CCNC(=O)N(O)c1ccc(Cl)cc1. The normalized spacial score (nSPS) is 9.47. The van der Waals surface area contributed by atoms with Gasteiger partial charge in [-0.1, -0.05) is 17.7 Å². The maximum absolute atomic E-state index is 11.3. The van der Waals surface area contributed by atoms with E-state index < -0.39 is 6.03 Å². The van der Waals surface area contributed by atoms with Crippen LogP contribution in [0.25, 0.3) is 0 Å². The van der Waals surface area contributed by atoms with Crippen molar-refractivity contribution in [3.05, 3.63) is 41.9 Å². The summed E-state index contributed by atoms with van der Waals surface area (Å²) in [4.78, 5) is 11.3. The van der Waals surface area contributed by atoms with Gasteiger partial charge in [-0.3, -0.25) is 5.21 Å². The molecule has 0 aliphatic rings. The van der Waals surface area contributed by atoms with Crippen molar-refractivity contribution >= 4 is 23.3 Å². The van der Waals surface area contributed by atoms with Crippen molar-refractivity contribution in [2.75, 3.05) is 11.6 Å². The minimum absolute atomic E-state index is 0.295. The van der Waals surface area contributed by atoms with Gasteiger partial charge in [0.2, 0.25) is 0 Å². The van der Waals surface area contributed by atoms with Crippen LogP contribution in [-0.4, -0.2) is 17.8 Å². The van der Waals surface area contributed by atoms with Crippen LogP contribution in [0.3, 0.4) is 0 Å². The molecule has 0 aromatic heterocycles. The summed E-state index contributed by atoms with van der Waals surface area (Å²) in [5.41, 5.74) is 0.348. The van der Waals surface area contributed by atoms with E-state index in [0.717, 1.165) is 0 Å². The van der Waals surface area contributed by atoms with Crippen molar-refractivity contribution in [2.45, 2.75) is 0 Å². The van der Waals surface area contributed by atoms with E-state index in [9.17, 15) is 10.0 Å². The number of carbonyl (C=O) groups excluding carboxylic acids is 1. The number of rotatable bonds is 3. The fraction of sp³-hybridized carbons (Fsp3) is 0.100. The van der Waals surface area contributed by atoms with Gasteiger partial charge in [0.1, 0.15) is 0 Å². The first-order chi connectivity index (χ1) is 7.15. The molecule has 0 heterocycles.